The molecule has 92 valence electrons. The van der Waals surface area contributed by atoms with Crippen LogP contribution >= 0.6 is 0 Å². The quantitative estimate of drug-likeness (QED) is 0.611. The molecular weight excluding hydrogens is 208 g/mol. The highest BCUT2D eigenvalue weighted by molar-refractivity contribution is 5.66. The molecule has 3 rings (SSSR count). The van der Waals surface area contributed by atoms with Gasteiger partial charge in [-0.1, -0.05) is 0 Å². The van der Waals surface area contributed by atoms with Crippen LogP contribution in [0.25, 0.3) is 0 Å². The summed E-state index contributed by atoms with van der Waals surface area (Å²) in [6.07, 6.45) is 2.96. The van der Waals surface area contributed by atoms with E-state index in [1.165, 1.54) is 0 Å². The molecule has 1 saturated carbocycles. The van der Waals surface area contributed by atoms with Crippen LogP contribution in [0.1, 0.15) is 25.7 Å². The zero-order chi connectivity index (χ0) is 11.8. The predicted molar refractivity (Wildman–Crippen MR) is 59.0 cm³/mol. The molecule has 3 unspecified atom stereocenters. The molecule has 16 heavy (non-hydrogen) atoms. The number of carbonyl (C=O) groups is 1. The van der Waals surface area contributed by atoms with E-state index < -0.39 is 11.6 Å². The molecule has 5 heteroatoms. The highest BCUT2D eigenvalue weighted by Gasteiger charge is 2.48. The van der Waals surface area contributed by atoms with Crippen molar-refractivity contribution in [3.63, 3.8) is 0 Å². The molecule has 0 radical (unpaired) electrons. The number of piperidine rings is 2. The largest absolute Gasteiger partial charge is 0.481 e. The summed E-state index contributed by atoms with van der Waals surface area (Å²) in [5.74, 6) is -0.535. The minimum atomic E-state index is -0.754. The highest BCUT2D eigenvalue weighted by atomic mass is 16.4. The van der Waals surface area contributed by atoms with Crippen molar-refractivity contribution in [1.29, 1.82) is 0 Å². The van der Waals surface area contributed by atoms with E-state index in [1.54, 1.807) is 0 Å². The first-order valence-electron chi connectivity index (χ1n) is 5.93. The topological polar surface area (TPSA) is 86.8 Å². The SMILES string of the molecule is NCC1(O)CC2CCC1CN2CCC(=O)O. The number of fused-ring (bicyclic) bond motifs is 3. The van der Waals surface area contributed by atoms with E-state index in [4.69, 9.17) is 10.8 Å². The van der Waals surface area contributed by atoms with Gasteiger partial charge in [-0.3, -0.25) is 9.69 Å². The van der Waals surface area contributed by atoms with Crippen molar-refractivity contribution in [2.24, 2.45) is 11.7 Å². The average molecular weight is 228 g/mol. The molecule has 3 aliphatic rings. The standard InChI is InChI=1S/C11H20N2O3/c12-7-11(16)5-9-2-1-8(11)6-13(9)4-3-10(14)15/h8-9,16H,1-7,12H2,(H,14,15). The Bertz CT molecular complexity index is 284. The van der Waals surface area contributed by atoms with E-state index >= 15 is 0 Å². The van der Waals surface area contributed by atoms with Gasteiger partial charge < -0.3 is 15.9 Å². The molecule has 5 nitrogen and oxygen atoms in total. The third-order valence-electron chi connectivity index (χ3n) is 4.14. The number of aliphatic hydroxyl groups is 1. The summed E-state index contributed by atoms with van der Waals surface area (Å²) in [5, 5.41) is 19.0. The minimum Gasteiger partial charge on any atom is -0.481 e. The first kappa shape index (κ1) is 11.8. The number of aliphatic carboxylic acids is 1. The van der Waals surface area contributed by atoms with Crippen molar-refractivity contribution >= 4 is 5.97 Å². The Balaban J connectivity index is 1.95. The fourth-order valence-electron chi connectivity index (χ4n) is 3.11. The second kappa shape index (κ2) is 4.31. The molecule has 0 aromatic heterocycles. The second-order valence-electron chi connectivity index (χ2n) is 5.08. The molecule has 3 fully saturated rings. The molecule has 1 aliphatic carbocycles. The Kier molecular flexibility index (Phi) is 3.19. The Morgan fingerprint density at radius 2 is 2.25 bits per heavy atom. The number of carboxylic acids is 1. The van der Waals surface area contributed by atoms with Crippen LogP contribution in [0.15, 0.2) is 0 Å². The van der Waals surface area contributed by atoms with E-state index in [0.717, 1.165) is 19.4 Å². The summed E-state index contributed by atoms with van der Waals surface area (Å²) >= 11 is 0. The highest BCUT2D eigenvalue weighted by Crippen LogP contribution is 2.41. The van der Waals surface area contributed by atoms with Crippen molar-refractivity contribution in [3.8, 4) is 0 Å². The van der Waals surface area contributed by atoms with E-state index in [1.807, 2.05) is 0 Å². The lowest BCUT2D eigenvalue weighted by atomic mass is 9.68. The van der Waals surface area contributed by atoms with Crippen molar-refractivity contribution in [2.75, 3.05) is 19.6 Å². The van der Waals surface area contributed by atoms with Gasteiger partial charge >= 0.3 is 5.97 Å². The summed E-state index contributed by atoms with van der Waals surface area (Å²) in [5.41, 5.74) is 4.92. The van der Waals surface area contributed by atoms with E-state index in [9.17, 15) is 9.90 Å². The lowest BCUT2D eigenvalue weighted by molar-refractivity contribution is -0.140. The van der Waals surface area contributed by atoms with Gasteiger partial charge in [0.05, 0.1) is 12.0 Å². The van der Waals surface area contributed by atoms with Crippen LogP contribution in [0.4, 0.5) is 0 Å². The Labute approximate surface area is 95.2 Å². The number of hydrogen-bond donors (Lipinski definition) is 3. The van der Waals surface area contributed by atoms with Crippen molar-refractivity contribution in [2.45, 2.75) is 37.3 Å². The summed E-state index contributed by atoms with van der Waals surface area (Å²) in [4.78, 5) is 12.7. The number of hydrogen-bond acceptors (Lipinski definition) is 4. The maximum Gasteiger partial charge on any atom is 0.304 e. The predicted octanol–water partition coefficient (Wildman–Crippen LogP) is -0.365. The molecule has 0 spiro atoms. The Morgan fingerprint density at radius 3 is 2.75 bits per heavy atom. The van der Waals surface area contributed by atoms with Crippen LogP contribution < -0.4 is 5.73 Å². The molecule has 0 aromatic rings. The molecule has 2 aliphatic heterocycles. The zero-order valence-corrected chi connectivity index (χ0v) is 9.43. The number of nitrogens with two attached hydrogens (primary N) is 1. The van der Waals surface area contributed by atoms with Gasteiger partial charge in [-0.05, 0) is 19.3 Å². The van der Waals surface area contributed by atoms with Crippen molar-refractivity contribution in [1.82, 2.24) is 4.90 Å². The maximum atomic E-state index is 10.5. The number of nitrogens with zero attached hydrogens (tertiary/aromatic N) is 1. The molecule has 4 N–H and O–H groups in total. The number of rotatable bonds is 4. The van der Waals surface area contributed by atoms with Gasteiger partial charge in [0.15, 0.2) is 0 Å². The summed E-state index contributed by atoms with van der Waals surface area (Å²) < 4.78 is 0. The van der Waals surface area contributed by atoms with E-state index in [0.29, 0.717) is 25.6 Å². The maximum absolute atomic E-state index is 10.5. The molecule has 0 amide bonds. The minimum absolute atomic E-state index is 0.185. The lowest BCUT2D eigenvalue weighted by Crippen LogP contribution is -2.63. The molecule has 0 aromatic carbocycles. The lowest BCUT2D eigenvalue weighted by Gasteiger charge is -2.53. The third-order valence-corrected chi connectivity index (χ3v) is 4.14. The molecule has 2 saturated heterocycles. The van der Waals surface area contributed by atoms with Crippen LogP contribution in [0.5, 0.6) is 0 Å². The van der Waals surface area contributed by atoms with Crippen molar-refractivity contribution in [3.05, 3.63) is 0 Å². The van der Waals surface area contributed by atoms with E-state index in [2.05, 4.69) is 4.90 Å². The number of carboxylic acid groups (broad SMARTS) is 1. The summed E-state index contributed by atoms with van der Waals surface area (Å²) in [6.45, 7) is 1.71. The zero-order valence-electron chi connectivity index (χ0n) is 9.43. The van der Waals surface area contributed by atoms with Gasteiger partial charge in [-0.2, -0.15) is 0 Å². The fraction of sp³-hybridized carbons (Fsp3) is 0.909. The van der Waals surface area contributed by atoms with Crippen LogP contribution in [0.2, 0.25) is 0 Å². The van der Waals surface area contributed by atoms with Gasteiger partial charge in [0.1, 0.15) is 0 Å². The van der Waals surface area contributed by atoms with Crippen molar-refractivity contribution < 1.29 is 15.0 Å². The fourth-order valence-corrected chi connectivity index (χ4v) is 3.11. The molecule has 2 heterocycles. The smallest absolute Gasteiger partial charge is 0.304 e. The molecule has 3 atom stereocenters. The van der Waals surface area contributed by atoms with Gasteiger partial charge in [-0.15, -0.1) is 0 Å². The normalized spacial score (nSPS) is 38.9. The van der Waals surface area contributed by atoms with Crippen LogP contribution in [-0.2, 0) is 4.79 Å². The van der Waals surface area contributed by atoms with Gasteiger partial charge in [0.2, 0.25) is 0 Å². The Morgan fingerprint density at radius 1 is 1.50 bits per heavy atom. The van der Waals surface area contributed by atoms with Gasteiger partial charge in [0.25, 0.3) is 0 Å². The molecule has 2 bridgehead atoms. The first-order valence-corrected chi connectivity index (χ1v) is 5.93. The monoisotopic (exact) mass is 228 g/mol. The van der Waals surface area contributed by atoms with Crippen LogP contribution in [0, 0.1) is 5.92 Å². The van der Waals surface area contributed by atoms with Gasteiger partial charge in [0, 0.05) is 31.6 Å². The third kappa shape index (κ3) is 2.07. The van der Waals surface area contributed by atoms with E-state index in [-0.39, 0.29) is 12.3 Å². The van der Waals surface area contributed by atoms with Crippen LogP contribution in [0.3, 0.4) is 0 Å². The second-order valence-corrected chi connectivity index (χ2v) is 5.08. The van der Waals surface area contributed by atoms with Gasteiger partial charge in [-0.25, -0.2) is 0 Å². The summed E-state index contributed by atoms with van der Waals surface area (Å²) in [7, 11) is 0. The summed E-state index contributed by atoms with van der Waals surface area (Å²) in [6, 6.07) is 0.317. The molecular formula is C11H20N2O3. The van der Waals surface area contributed by atoms with Crippen LogP contribution in [-0.4, -0.2) is 52.4 Å². The Hall–Kier alpha value is -0.650. The first-order chi connectivity index (χ1) is 7.55. The average Bonchev–Trinajstić information content (AvgIpc) is 2.27.